The van der Waals surface area contributed by atoms with Crippen LogP contribution in [0.3, 0.4) is 0 Å². The predicted octanol–water partition coefficient (Wildman–Crippen LogP) is 1.83. The summed E-state index contributed by atoms with van der Waals surface area (Å²) in [5, 5.41) is 5.97. The van der Waals surface area contributed by atoms with Crippen molar-refractivity contribution in [3.8, 4) is 0 Å². The largest absolute Gasteiger partial charge is 0.373 e. The van der Waals surface area contributed by atoms with Crippen LogP contribution in [0.15, 0.2) is 18.3 Å². The molecule has 5 heteroatoms. The Kier molecular flexibility index (Phi) is 5.56. The number of likely N-dealkylation sites (tertiary alicyclic amines) is 1. The summed E-state index contributed by atoms with van der Waals surface area (Å²) >= 11 is 0. The fourth-order valence-corrected chi connectivity index (χ4v) is 2.78. The van der Waals surface area contributed by atoms with E-state index >= 15 is 0 Å². The molecule has 21 heavy (non-hydrogen) atoms. The summed E-state index contributed by atoms with van der Waals surface area (Å²) in [6.07, 6.45) is 2.78. The van der Waals surface area contributed by atoms with E-state index in [-0.39, 0.29) is 5.91 Å². The van der Waals surface area contributed by atoms with Crippen molar-refractivity contribution in [1.29, 1.82) is 0 Å². The van der Waals surface area contributed by atoms with Gasteiger partial charge >= 0.3 is 0 Å². The Morgan fingerprint density at radius 2 is 2.29 bits per heavy atom. The maximum absolute atomic E-state index is 12.1. The van der Waals surface area contributed by atoms with E-state index in [0.29, 0.717) is 17.4 Å². The molecule has 2 heterocycles. The first kappa shape index (κ1) is 15.8. The van der Waals surface area contributed by atoms with Crippen LogP contribution in [-0.2, 0) is 0 Å². The molecule has 0 bridgehead atoms. The average Bonchev–Trinajstić information content (AvgIpc) is 2.91. The van der Waals surface area contributed by atoms with Crippen molar-refractivity contribution in [3.05, 3.63) is 23.9 Å². The fourth-order valence-electron chi connectivity index (χ4n) is 2.78. The number of hydrogen-bond acceptors (Lipinski definition) is 4. The van der Waals surface area contributed by atoms with Crippen molar-refractivity contribution in [2.75, 3.05) is 38.5 Å². The second-order valence-corrected chi connectivity index (χ2v) is 6.20. The highest BCUT2D eigenvalue weighted by atomic mass is 16.1. The quantitative estimate of drug-likeness (QED) is 0.839. The minimum absolute atomic E-state index is 0.0348. The van der Waals surface area contributed by atoms with Crippen LogP contribution >= 0.6 is 0 Å². The zero-order chi connectivity index (χ0) is 15.2. The smallest absolute Gasteiger partial charge is 0.252 e. The van der Waals surface area contributed by atoms with Crippen LogP contribution in [0.1, 0.15) is 30.6 Å². The van der Waals surface area contributed by atoms with E-state index in [0.717, 1.165) is 32.0 Å². The van der Waals surface area contributed by atoms with E-state index in [1.54, 1.807) is 12.3 Å². The molecule has 2 rings (SSSR count). The lowest BCUT2D eigenvalue weighted by molar-refractivity contribution is 0.0947. The van der Waals surface area contributed by atoms with E-state index in [2.05, 4.69) is 34.4 Å². The Bertz CT molecular complexity index is 458. The zero-order valence-electron chi connectivity index (χ0n) is 13.2. The predicted molar refractivity (Wildman–Crippen MR) is 85.5 cm³/mol. The van der Waals surface area contributed by atoms with Crippen molar-refractivity contribution in [2.24, 2.45) is 11.8 Å². The molecule has 0 spiro atoms. The highest BCUT2D eigenvalue weighted by Gasteiger charge is 2.23. The van der Waals surface area contributed by atoms with Gasteiger partial charge in [-0.1, -0.05) is 13.8 Å². The van der Waals surface area contributed by atoms with Gasteiger partial charge in [-0.3, -0.25) is 4.79 Å². The first-order chi connectivity index (χ1) is 10.1. The number of rotatable bonds is 6. The number of carbonyl (C=O) groups is 1. The molecule has 0 aromatic carbocycles. The highest BCUT2D eigenvalue weighted by Crippen LogP contribution is 2.16. The molecule has 1 atom stereocenters. The molecule has 116 valence electrons. The lowest BCUT2D eigenvalue weighted by Gasteiger charge is -2.18. The van der Waals surface area contributed by atoms with E-state index in [9.17, 15) is 4.79 Å². The van der Waals surface area contributed by atoms with Crippen LogP contribution in [-0.4, -0.2) is 49.0 Å². The second kappa shape index (κ2) is 7.41. The Hall–Kier alpha value is -1.62. The van der Waals surface area contributed by atoms with Gasteiger partial charge in [0.25, 0.3) is 5.91 Å². The van der Waals surface area contributed by atoms with Crippen LogP contribution < -0.4 is 10.6 Å². The molecule has 1 aliphatic rings. The molecule has 0 aliphatic carbocycles. The summed E-state index contributed by atoms with van der Waals surface area (Å²) in [7, 11) is 1.81. The van der Waals surface area contributed by atoms with Gasteiger partial charge in [-0.15, -0.1) is 0 Å². The molecule has 1 aromatic rings. The molecule has 2 N–H and O–H groups in total. The van der Waals surface area contributed by atoms with Crippen molar-refractivity contribution in [2.45, 2.75) is 20.3 Å². The molecule has 0 saturated carbocycles. The van der Waals surface area contributed by atoms with E-state index in [4.69, 9.17) is 0 Å². The first-order valence-electron chi connectivity index (χ1n) is 7.73. The molecule has 1 aromatic heterocycles. The van der Waals surface area contributed by atoms with Crippen molar-refractivity contribution >= 4 is 11.7 Å². The van der Waals surface area contributed by atoms with Crippen LogP contribution in [0.25, 0.3) is 0 Å². The number of nitrogens with zero attached hydrogens (tertiary/aromatic N) is 2. The molecular formula is C16H26N4O. The van der Waals surface area contributed by atoms with Gasteiger partial charge < -0.3 is 15.5 Å². The minimum atomic E-state index is -0.0348. The van der Waals surface area contributed by atoms with Gasteiger partial charge in [0.1, 0.15) is 5.82 Å². The summed E-state index contributed by atoms with van der Waals surface area (Å²) in [5.41, 5.74) is 0.617. The SMILES string of the molecule is CNc1ccc(C(=O)NC[C@H]2CCN(CC(C)C)C2)cn1. The van der Waals surface area contributed by atoms with Crippen LogP contribution in [0, 0.1) is 11.8 Å². The molecule has 1 saturated heterocycles. The van der Waals surface area contributed by atoms with Gasteiger partial charge in [-0.2, -0.15) is 0 Å². The number of nitrogens with one attached hydrogen (secondary N) is 2. The summed E-state index contributed by atoms with van der Waals surface area (Å²) in [6, 6.07) is 3.61. The number of hydrogen-bond donors (Lipinski definition) is 2. The molecule has 1 fully saturated rings. The van der Waals surface area contributed by atoms with Gasteiger partial charge in [-0.05, 0) is 36.9 Å². The zero-order valence-corrected chi connectivity index (χ0v) is 13.2. The summed E-state index contributed by atoms with van der Waals surface area (Å²) in [6.45, 7) is 8.64. The molecule has 1 amide bonds. The fraction of sp³-hybridized carbons (Fsp3) is 0.625. The molecular weight excluding hydrogens is 264 g/mol. The number of amides is 1. The van der Waals surface area contributed by atoms with E-state index in [1.165, 1.54) is 6.42 Å². The topological polar surface area (TPSA) is 57.3 Å². The van der Waals surface area contributed by atoms with Crippen LogP contribution in [0.2, 0.25) is 0 Å². The van der Waals surface area contributed by atoms with Crippen molar-refractivity contribution < 1.29 is 4.79 Å². The normalized spacial score (nSPS) is 19.0. The summed E-state index contributed by atoms with van der Waals surface area (Å²) in [5.74, 6) is 2.01. The van der Waals surface area contributed by atoms with Crippen LogP contribution in [0.4, 0.5) is 5.82 Å². The molecule has 0 radical (unpaired) electrons. The number of anilines is 1. The summed E-state index contributed by atoms with van der Waals surface area (Å²) in [4.78, 5) is 18.7. The van der Waals surface area contributed by atoms with E-state index < -0.39 is 0 Å². The van der Waals surface area contributed by atoms with Gasteiger partial charge in [-0.25, -0.2) is 4.98 Å². The third-order valence-corrected chi connectivity index (χ3v) is 3.83. The molecule has 5 nitrogen and oxygen atoms in total. The number of carbonyl (C=O) groups excluding carboxylic acids is 1. The van der Waals surface area contributed by atoms with Gasteiger partial charge in [0.15, 0.2) is 0 Å². The van der Waals surface area contributed by atoms with E-state index in [1.807, 2.05) is 13.1 Å². The minimum Gasteiger partial charge on any atom is -0.373 e. The standard InChI is InChI=1S/C16H26N4O/c1-12(2)10-20-7-6-13(11-20)8-19-16(21)14-4-5-15(17-3)18-9-14/h4-5,9,12-13H,6-8,10-11H2,1-3H3,(H,17,18)(H,19,21)/t13-/m1/s1. The van der Waals surface area contributed by atoms with Gasteiger partial charge in [0, 0.05) is 32.9 Å². The lowest BCUT2D eigenvalue weighted by Crippen LogP contribution is -2.31. The summed E-state index contributed by atoms with van der Waals surface area (Å²) < 4.78 is 0. The maximum Gasteiger partial charge on any atom is 0.252 e. The Morgan fingerprint density at radius 3 is 2.90 bits per heavy atom. The third-order valence-electron chi connectivity index (χ3n) is 3.83. The first-order valence-corrected chi connectivity index (χ1v) is 7.73. The monoisotopic (exact) mass is 290 g/mol. The molecule has 0 unspecified atom stereocenters. The third kappa shape index (κ3) is 4.70. The highest BCUT2D eigenvalue weighted by molar-refractivity contribution is 5.94. The second-order valence-electron chi connectivity index (χ2n) is 6.20. The van der Waals surface area contributed by atoms with Crippen molar-refractivity contribution in [1.82, 2.24) is 15.2 Å². The lowest BCUT2D eigenvalue weighted by atomic mass is 10.1. The van der Waals surface area contributed by atoms with Crippen LogP contribution in [0.5, 0.6) is 0 Å². The molecule has 1 aliphatic heterocycles. The maximum atomic E-state index is 12.1. The number of pyridine rings is 1. The Labute approximate surface area is 127 Å². The van der Waals surface area contributed by atoms with Gasteiger partial charge in [0.2, 0.25) is 0 Å². The van der Waals surface area contributed by atoms with Crippen molar-refractivity contribution in [3.63, 3.8) is 0 Å². The van der Waals surface area contributed by atoms with Gasteiger partial charge in [0.05, 0.1) is 5.56 Å². The average molecular weight is 290 g/mol. The Balaban J connectivity index is 1.76. The Morgan fingerprint density at radius 1 is 1.48 bits per heavy atom. The number of aromatic nitrogens is 1.